The first-order chi connectivity index (χ1) is 12.2. The second kappa shape index (κ2) is 7.99. The van der Waals surface area contributed by atoms with E-state index in [0.29, 0.717) is 13.0 Å². The van der Waals surface area contributed by atoms with Crippen LogP contribution in [0.3, 0.4) is 0 Å². The normalized spacial score (nSPS) is 21.1. The molecule has 0 unspecified atom stereocenters. The highest BCUT2D eigenvalue weighted by Crippen LogP contribution is 2.35. The van der Waals surface area contributed by atoms with Gasteiger partial charge in [-0.15, -0.1) is 0 Å². The van der Waals surface area contributed by atoms with E-state index in [9.17, 15) is 15.2 Å². The van der Waals surface area contributed by atoms with Crippen molar-refractivity contribution in [2.24, 2.45) is 0 Å². The van der Waals surface area contributed by atoms with Crippen molar-refractivity contribution in [3.05, 3.63) is 35.4 Å². The van der Waals surface area contributed by atoms with E-state index in [1.165, 1.54) is 11.1 Å². The van der Waals surface area contributed by atoms with Crippen molar-refractivity contribution < 1.29 is 9.90 Å². The Morgan fingerprint density at radius 3 is 2.84 bits per heavy atom. The number of hydrogen-bond donors (Lipinski definition) is 2. The lowest BCUT2D eigenvalue weighted by Gasteiger charge is -2.30. The van der Waals surface area contributed by atoms with Gasteiger partial charge >= 0.3 is 0 Å². The van der Waals surface area contributed by atoms with Gasteiger partial charge < -0.3 is 10.4 Å². The van der Waals surface area contributed by atoms with Gasteiger partial charge in [-0.1, -0.05) is 24.3 Å². The molecule has 1 aromatic rings. The molecule has 2 aliphatic rings. The summed E-state index contributed by atoms with van der Waals surface area (Å²) in [6.07, 6.45) is 6.17. The van der Waals surface area contributed by atoms with Crippen molar-refractivity contribution in [1.82, 2.24) is 10.2 Å². The van der Waals surface area contributed by atoms with E-state index < -0.39 is 5.54 Å². The Bertz CT molecular complexity index is 647. The number of nitrogens with zero attached hydrogens (tertiary/aromatic N) is 2. The van der Waals surface area contributed by atoms with Crippen LogP contribution >= 0.6 is 0 Å². The number of rotatable bonds is 7. The maximum absolute atomic E-state index is 12.6. The molecule has 25 heavy (non-hydrogen) atoms. The van der Waals surface area contributed by atoms with E-state index in [4.69, 9.17) is 0 Å². The zero-order valence-corrected chi connectivity index (χ0v) is 14.7. The average molecular weight is 341 g/mol. The number of amides is 1. The van der Waals surface area contributed by atoms with E-state index in [-0.39, 0.29) is 25.1 Å². The van der Waals surface area contributed by atoms with E-state index >= 15 is 0 Å². The molecule has 1 atom stereocenters. The van der Waals surface area contributed by atoms with Crippen LogP contribution in [0, 0.1) is 11.3 Å². The van der Waals surface area contributed by atoms with Crippen molar-refractivity contribution in [3.63, 3.8) is 0 Å². The molecule has 1 fully saturated rings. The van der Waals surface area contributed by atoms with Crippen LogP contribution in [0.1, 0.15) is 55.7 Å². The number of fused-ring (bicyclic) bond motifs is 1. The number of nitrogens with one attached hydrogen (secondary N) is 1. The summed E-state index contributed by atoms with van der Waals surface area (Å²) < 4.78 is 0. The lowest BCUT2D eigenvalue weighted by Crippen LogP contribution is -2.49. The number of hydrogen-bond acceptors (Lipinski definition) is 4. The third-order valence-electron chi connectivity index (χ3n) is 5.54. The predicted octanol–water partition coefficient (Wildman–Crippen LogP) is 2.31. The van der Waals surface area contributed by atoms with Crippen molar-refractivity contribution in [3.8, 4) is 6.07 Å². The van der Waals surface area contributed by atoms with Crippen LogP contribution in [-0.2, 0) is 11.2 Å². The minimum absolute atomic E-state index is 0.0780. The molecule has 0 radical (unpaired) electrons. The SMILES string of the molecule is N#CC1(NC(=O)CN(CCCO)[C@H]2CCc3ccccc32)CCCC1. The molecule has 1 saturated carbocycles. The van der Waals surface area contributed by atoms with E-state index in [0.717, 1.165) is 38.5 Å². The molecule has 1 aromatic carbocycles. The van der Waals surface area contributed by atoms with Gasteiger partial charge in [0.15, 0.2) is 0 Å². The van der Waals surface area contributed by atoms with Crippen molar-refractivity contribution in [2.75, 3.05) is 19.7 Å². The topological polar surface area (TPSA) is 76.4 Å². The number of aryl methyl sites for hydroxylation is 1. The van der Waals surface area contributed by atoms with Crippen molar-refractivity contribution >= 4 is 5.91 Å². The van der Waals surface area contributed by atoms with E-state index in [2.05, 4.69) is 34.5 Å². The lowest BCUT2D eigenvalue weighted by molar-refractivity contribution is -0.124. The predicted molar refractivity (Wildman–Crippen MR) is 95.7 cm³/mol. The number of benzene rings is 1. The van der Waals surface area contributed by atoms with Gasteiger partial charge in [0.1, 0.15) is 5.54 Å². The molecule has 0 bridgehead atoms. The highest BCUT2D eigenvalue weighted by atomic mass is 16.3. The number of aliphatic hydroxyl groups excluding tert-OH is 1. The van der Waals surface area contributed by atoms with Crippen LogP contribution in [0.4, 0.5) is 0 Å². The molecular formula is C20H27N3O2. The minimum atomic E-state index is -0.673. The molecule has 0 aromatic heterocycles. The number of carbonyl (C=O) groups is 1. The average Bonchev–Trinajstić information content (AvgIpc) is 3.26. The molecule has 0 aliphatic heterocycles. The monoisotopic (exact) mass is 341 g/mol. The molecule has 0 saturated heterocycles. The highest BCUT2D eigenvalue weighted by molar-refractivity contribution is 5.79. The van der Waals surface area contributed by atoms with Gasteiger partial charge in [0.25, 0.3) is 0 Å². The van der Waals surface area contributed by atoms with Gasteiger partial charge in [-0.3, -0.25) is 9.69 Å². The molecule has 2 N–H and O–H groups in total. The molecule has 1 amide bonds. The zero-order chi connectivity index (χ0) is 17.7. The first-order valence-corrected chi connectivity index (χ1v) is 9.32. The smallest absolute Gasteiger partial charge is 0.235 e. The van der Waals surface area contributed by atoms with Crippen LogP contribution in [0.2, 0.25) is 0 Å². The molecule has 134 valence electrons. The maximum atomic E-state index is 12.6. The second-order valence-electron chi connectivity index (χ2n) is 7.25. The van der Waals surface area contributed by atoms with Crippen LogP contribution in [0.5, 0.6) is 0 Å². The van der Waals surface area contributed by atoms with Gasteiger partial charge in [0, 0.05) is 19.2 Å². The minimum Gasteiger partial charge on any atom is -0.396 e. The fourth-order valence-corrected chi connectivity index (χ4v) is 4.27. The third-order valence-corrected chi connectivity index (χ3v) is 5.54. The standard InChI is InChI=1S/C20H27N3O2/c21-15-20(10-3-4-11-20)22-19(25)14-23(12-5-13-24)18-9-8-16-6-1-2-7-17(16)18/h1-2,6-7,18,24H,3-5,8-14H2,(H,22,25)/t18-/m0/s1. The van der Waals surface area contributed by atoms with Crippen LogP contribution in [-0.4, -0.2) is 41.1 Å². The Hall–Kier alpha value is -1.90. The van der Waals surface area contributed by atoms with Crippen LogP contribution < -0.4 is 5.32 Å². The Labute approximate surface area is 149 Å². The summed E-state index contributed by atoms with van der Waals surface area (Å²) in [6, 6.07) is 10.9. The number of carbonyl (C=O) groups excluding carboxylic acids is 1. The molecule has 0 heterocycles. The molecule has 2 aliphatic carbocycles. The van der Waals surface area contributed by atoms with Gasteiger partial charge in [-0.05, 0) is 56.1 Å². The third kappa shape index (κ3) is 4.02. The summed E-state index contributed by atoms with van der Waals surface area (Å²) in [5.41, 5.74) is 1.98. The fourth-order valence-electron chi connectivity index (χ4n) is 4.27. The summed E-state index contributed by atoms with van der Waals surface area (Å²) >= 11 is 0. The Morgan fingerprint density at radius 2 is 2.12 bits per heavy atom. The Morgan fingerprint density at radius 1 is 1.36 bits per heavy atom. The lowest BCUT2D eigenvalue weighted by atomic mass is 10.00. The molecule has 0 spiro atoms. The molecule has 3 rings (SSSR count). The van der Waals surface area contributed by atoms with Gasteiger partial charge in [-0.2, -0.15) is 5.26 Å². The van der Waals surface area contributed by atoms with Crippen LogP contribution in [0.25, 0.3) is 0 Å². The molecule has 5 nitrogen and oxygen atoms in total. The van der Waals surface area contributed by atoms with Crippen molar-refractivity contribution in [1.29, 1.82) is 5.26 Å². The molecular weight excluding hydrogens is 314 g/mol. The quantitative estimate of drug-likeness (QED) is 0.798. The van der Waals surface area contributed by atoms with Gasteiger partial charge in [-0.25, -0.2) is 0 Å². The summed E-state index contributed by atoms with van der Waals surface area (Å²) in [7, 11) is 0. The Kier molecular flexibility index (Phi) is 5.72. The Balaban J connectivity index is 1.69. The summed E-state index contributed by atoms with van der Waals surface area (Å²) in [5, 5.41) is 21.7. The zero-order valence-electron chi connectivity index (χ0n) is 14.7. The van der Waals surface area contributed by atoms with Crippen LogP contribution in [0.15, 0.2) is 24.3 Å². The number of nitriles is 1. The maximum Gasteiger partial charge on any atom is 0.235 e. The van der Waals surface area contributed by atoms with Gasteiger partial charge in [0.2, 0.25) is 5.91 Å². The summed E-state index contributed by atoms with van der Waals surface area (Å²) in [4.78, 5) is 14.8. The second-order valence-corrected chi connectivity index (χ2v) is 7.25. The largest absolute Gasteiger partial charge is 0.396 e. The first kappa shape index (κ1) is 17.9. The highest BCUT2D eigenvalue weighted by Gasteiger charge is 2.36. The molecule has 5 heteroatoms. The first-order valence-electron chi connectivity index (χ1n) is 9.32. The summed E-state index contributed by atoms with van der Waals surface area (Å²) in [5.74, 6) is -0.0780. The summed E-state index contributed by atoms with van der Waals surface area (Å²) in [6.45, 7) is 1.08. The van der Waals surface area contributed by atoms with E-state index in [1.54, 1.807) is 0 Å². The van der Waals surface area contributed by atoms with E-state index in [1.807, 2.05) is 6.07 Å². The van der Waals surface area contributed by atoms with Gasteiger partial charge in [0.05, 0.1) is 12.6 Å². The fraction of sp³-hybridized carbons (Fsp3) is 0.600. The number of aliphatic hydroxyl groups is 1. The van der Waals surface area contributed by atoms with Crippen molar-refractivity contribution in [2.45, 2.75) is 56.5 Å².